The van der Waals surface area contributed by atoms with Gasteiger partial charge in [-0.15, -0.1) is 10.2 Å². The topological polar surface area (TPSA) is 122 Å². The predicted octanol–water partition coefficient (Wildman–Crippen LogP) is 7.13. The summed E-state index contributed by atoms with van der Waals surface area (Å²) in [4.78, 5) is 15.9. The molecule has 1 saturated heterocycles. The van der Waals surface area contributed by atoms with Crippen molar-refractivity contribution in [1.29, 1.82) is 0 Å². The van der Waals surface area contributed by atoms with E-state index in [1.807, 2.05) is 47.0 Å². The molecule has 1 aliphatic heterocycles. The summed E-state index contributed by atoms with van der Waals surface area (Å²) in [5.41, 5.74) is 4.69. The Morgan fingerprint density at radius 3 is 2.56 bits per heavy atom. The van der Waals surface area contributed by atoms with Crippen molar-refractivity contribution < 1.29 is 14.6 Å². The third-order valence-corrected chi connectivity index (χ3v) is 9.55. The van der Waals surface area contributed by atoms with Gasteiger partial charge in [-0.3, -0.25) is 9.72 Å². The number of benzene rings is 2. The monoisotopic (exact) mass is 668 g/mol. The van der Waals surface area contributed by atoms with Gasteiger partial charge >= 0.3 is 6.03 Å². The van der Waals surface area contributed by atoms with Gasteiger partial charge in [0.2, 0.25) is 5.95 Å². The molecule has 11 nitrogen and oxygen atoms in total. The standard InChI is InChI=1S/C36H41ClN8O3/c1-36(2,3)31-20-33(45(42-31)24-11-13-28(37)23(19-24)22-46)39-34(47)38-29-14-15-30(27-10-6-5-9-26(27)29)48-25-12-16-32-40-41-35(44(32)21-25)43-17-7-4-8-18-43/h5-6,9-13,16,19-21,29-30,46H,4,7-8,14-15,17-18,22H2,1-3H3,(H2,38,39,47). The van der Waals surface area contributed by atoms with Gasteiger partial charge in [-0.05, 0) is 79.1 Å². The molecule has 1 aliphatic carbocycles. The lowest BCUT2D eigenvalue weighted by Gasteiger charge is -2.32. The fraction of sp³-hybridized carbons (Fsp3) is 0.389. The van der Waals surface area contributed by atoms with Crippen molar-refractivity contribution in [3.8, 4) is 11.4 Å². The highest BCUT2D eigenvalue weighted by atomic mass is 35.5. The molecule has 5 aromatic rings. The van der Waals surface area contributed by atoms with Crippen LogP contribution in [-0.2, 0) is 12.0 Å². The van der Waals surface area contributed by atoms with Crippen molar-refractivity contribution in [2.45, 2.75) is 77.0 Å². The first kappa shape index (κ1) is 32.0. The number of hydrogen-bond donors (Lipinski definition) is 3. The van der Waals surface area contributed by atoms with E-state index < -0.39 is 0 Å². The summed E-state index contributed by atoms with van der Waals surface area (Å²) < 4.78 is 10.3. The molecule has 3 N–H and O–H groups in total. The molecule has 12 heteroatoms. The summed E-state index contributed by atoms with van der Waals surface area (Å²) >= 11 is 6.26. The van der Waals surface area contributed by atoms with E-state index in [1.54, 1.807) is 16.8 Å². The molecule has 3 aromatic heterocycles. The highest BCUT2D eigenvalue weighted by Gasteiger charge is 2.30. The Morgan fingerprint density at radius 1 is 1.00 bits per heavy atom. The van der Waals surface area contributed by atoms with Crippen LogP contribution < -0.4 is 20.3 Å². The number of aromatic nitrogens is 5. The summed E-state index contributed by atoms with van der Waals surface area (Å²) in [5, 5.41) is 30.2. The molecule has 2 atom stereocenters. The fourth-order valence-corrected chi connectivity index (χ4v) is 6.76. The number of nitrogens with zero attached hydrogens (tertiary/aromatic N) is 6. The number of nitrogens with one attached hydrogen (secondary N) is 2. The zero-order valence-corrected chi connectivity index (χ0v) is 28.2. The van der Waals surface area contributed by atoms with Crippen molar-refractivity contribution in [2.24, 2.45) is 0 Å². The number of urea groups is 1. The number of anilines is 2. The van der Waals surface area contributed by atoms with Crippen LogP contribution in [0.25, 0.3) is 11.3 Å². The van der Waals surface area contributed by atoms with Crippen molar-refractivity contribution in [3.63, 3.8) is 0 Å². The van der Waals surface area contributed by atoms with E-state index in [9.17, 15) is 9.90 Å². The molecule has 0 radical (unpaired) electrons. The lowest BCUT2D eigenvalue weighted by molar-refractivity contribution is 0.171. The number of rotatable bonds is 7. The van der Waals surface area contributed by atoms with Crippen molar-refractivity contribution >= 4 is 35.0 Å². The first-order chi connectivity index (χ1) is 23.2. The van der Waals surface area contributed by atoms with Gasteiger partial charge in [-0.25, -0.2) is 9.48 Å². The highest BCUT2D eigenvalue weighted by Crippen LogP contribution is 2.39. The maximum Gasteiger partial charge on any atom is 0.320 e. The van der Waals surface area contributed by atoms with Gasteiger partial charge < -0.3 is 20.1 Å². The number of carbonyl (C=O) groups is 1. The lowest BCUT2D eigenvalue weighted by atomic mass is 9.85. The Labute approximate surface area is 284 Å². The molecule has 0 saturated carbocycles. The van der Waals surface area contributed by atoms with Gasteiger partial charge in [0.05, 0.1) is 30.2 Å². The quantitative estimate of drug-likeness (QED) is 0.169. The Kier molecular flexibility index (Phi) is 8.74. The molecule has 0 spiro atoms. The Balaban J connectivity index is 1.09. The smallest absolute Gasteiger partial charge is 0.320 e. The molecular weight excluding hydrogens is 628 g/mol. The molecule has 2 amide bonds. The molecule has 4 heterocycles. The third-order valence-electron chi connectivity index (χ3n) is 9.18. The first-order valence-electron chi connectivity index (χ1n) is 16.6. The number of pyridine rings is 1. The second-order valence-corrected chi connectivity index (χ2v) is 14.0. The van der Waals surface area contributed by atoms with Crippen LogP contribution in [0.5, 0.6) is 5.75 Å². The SMILES string of the molecule is CC(C)(C)c1cc(NC(=O)NC2CCC(Oc3ccc4nnc(N5CCCCC5)n4c3)c3ccccc32)n(-c2ccc(Cl)c(CO)c2)n1. The maximum absolute atomic E-state index is 13.6. The minimum absolute atomic E-state index is 0.170. The second-order valence-electron chi connectivity index (χ2n) is 13.6. The fourth-order valence-electron chi connectivity index (χ4n) is 6.58. The maximum atomic E-state index is 13.6. The summed E-state index contributed by atoms with van der Waals surface area (Å²) in [6.07, 6.45) is 6.81. The molecule has 7 rings (SSSR count). The van der Waals surface area contributed by atoms with Crippen LogP contribution in [0.2, 0.25) is 5.02 Å². The van der Waals surface area contributed by atoms with Crippen LogP contribution in [0, 0.1) is 0 Å². The largest absolute Gasteiger partial charge is 0.484 e. The van der Waals surface area contributed by atoms with Crippen LogP contribution in [0.4, 0.5) is 16.6 Å². The number of aliphatic hydroxyl groups is 1. The number of hydrogen-bond acceptors (Lipinski definition) is 7. The van der Waals surface area contributed by atoms with E-state index in [0.29, 0.717) is 28.5 Å². The summed E-state index contributed by atoms with van der Waals surface area (Å²) in [5.74, 6) is 2.12. The van der Waals surface area contributed by atoms with E-state index >= 15 is 0 Å². The number of amides is 2. The van der Waals surface area contributed by atoms with Gasteiger partial charge in [-0.2, -0.15) is 5.10 Å². The number of aliphatic hydroxyl groups excluding tert-OH is 1. The van der Waals surface area contributed by atoms with E-state index in [4.69, 9.17) is 21.4 Å². The third kappa shape index (κ3) is 6.44. The second kappa shape index (κ2) is 13.1. The number of carbonyl (C=O) groups excluding carboxylic acids is 1. The van der Waals surface area contributed by atoms with Gasteiger partial charge in [-0.1, -0.05) is 56.6 Å². The Morgan fingerprint density at radius 2 is 1.79 bits per heavy atom. The average molecular weight is 669 g/mol. The Bertz CT molecular complexity index is 1940. The van der Waals surface area contributed by atoms with Gasteiger partial charge in [0.15, 0.2) is 5.65 Å². The number of halogens is 1. The zero-order valence-electron chi connectivity index (χ0n) is 27.5. The number of piperidine rings is 1. The molecule has 2 aromatic carbocycles. The molecule has 0 bridgehead atoms. The van der Waals surface area contributed by atoms with E-state index in [0.717, 1.165) is 66.5 Å². The van der Waals surface area contributed by atoms with Crippen LogP contribution >= 0.6 is 11.6 Å². The minimum Gasteiger partial charge on any atom is -0.484 e. The van der Waals surface area contributed by atoms with E-state index in [-0.39, 0.29) is 30.2 Å². The van der Waals surface area contributed by atoms with Crippen molar-refractivity contribution in [1.82, 2.24) is 29.7 Å². The Hall–Kier alpha value is -4.61. The predicted molar refractivity (Wildman–Crippen MR) is 186 cm³/mol. The number of ether oxygens (including phenoxy) is 1. The first-order valence-corrected chi connectivity index (χ1v) is 17.0. The summed E-state index contributed by atoms with van der Waals surface area (Å²) in [6.45, 7) is 7.97. The van der Waals surface area contributed by atoms with Gasteiger partial charge in [0, 0.05) is 29.6 Å². The van der Waals surface area contributed by atoms with Crippen LogP contribution in [0.15, 0.2) is 66.9 Å². The number of fused-ring (bicyclic) bond motifs is 2. The normalized spacial score (nSPS) is 18.1. The zero-order chi connectivity index (χ0) is 33.4. The average Bonchev–Trinajstić information content (AvgIpc) is 3.71. The van der Waals surface area contributed by atoms with E-state index in [2.05, 4.69) is 58.6 Å². The molecular formula is C36H41ClN8O3. The minimum atomic E-state index is -0.338. The van der Waals surface area contributed by atoms with Gasteiger partial charge in [0.25, 0.3) is 0 Å². The summed E-state index contributed by atoms with van der Waals surface area (Å²) in [7, 11) is 0. The lowest BCUT2D eigenvalue weighted by Crippen LogP contribution is -2.36. The van der Waals surface area contributed by atoms with Gasteiger partial charge in [0.1, 0.15) is 17.7 Å². The molecule has 1 fully saturated rings. The van der Waals surface area contributed by atoms with Crippen LogP contribution in [0.3, 0.4) is 0 Å². The highest BCUT2D eigenvalue weighted by molar-refractivity contribution is 6.31. The molecule has 48 heavy (non-hydrogen) atoms. The van der Waals surface area contributed by atoms with Crippen LogP contribution in [0.1, 0.15) is 87.4 Å². The summed E-state index contributed by atoms with van der Waals surface area (Å²) in [6, 6.07) is 18.7. The van der Waals surface area contributed by atoms with Crippen LogP contribution in [-0.4, -0.2) is 48.6 Å². The van der Waals surface area contributed by atoms with Crippen molar-refractivity contribution in [2.75, 3.05) is 23.3 Å². The molecule has 2 aliphatic rings. The van der Waals surface area contributed by atoms with E-state index in [1.165, 1.54) is 6.42 Å². The van der Waals surface area contributed by atoms with Crippen molar-refractivity contribution in [3.05, 3.63) is 94.3 Å². The molecule has 250 valence electrons. The molecule has 2 unspecified atom stereocenters.